The van der Waals surface area contributed by atoms with Crippen molar-refractivity contribution >= 4 is 57.3 Å². The predicted octanol–water partition coefficient (Wildman–Crippen LogP) is 6.04. The first-order chi connectivity index (χ1) is 15.4. The van der Waals surface area contributed by atoms with Gasteiger partial charge in [-0.1, -0.05) is 61.3 Å². The third-order valence-corrected chi connectivity index (χ3v) is 10.1. The van der Waals surface area contributed by atoms with Crippen LogP contribution >= 0.6 is 30.8 Å². The maximum absolute atomic E-state index is 14.1. The van der Waals surface area contributed by atoms with E-state index in [9.17, 15) is 22.8 Å². The van der Waals surface area contributed by atoms with Gasteiger partial charge in [0.2, 0.25) is 0 Å². The Labute approximate surface area is 203 Å². The van der Waals surface area contributed by atoms with Crippen LogP contribution in [0.2, 0.25) is 10.0 Å². The van der Waals surface area contributed by atoms with E-state index in [1.165, 1.54) is 31.4 Å². The van der Waals surface area contributed by atoms with E-state index >= 15 is 0 Å². The first-order valence-corrected chi connectivity index (χ1v) is 13.9. The summed E-state index contributed by atoms with van der Waals surface area (Å²) in [6.07, 6.45) is -0.302. The topological polar surface area (TPSA) is 104 Å². The lowest BCUT2D eigenvalue weighted by Crippen LogP contribution is -2.51. The number of hydrogen-bond donors (Lipinski definition) is 2. The first-order valence-electron chi connectivity index (χ1n) is 10.1. The van der Waals surface area contributed by atoms with Gasteiger partial charge in [0.15, 0.2) is 5.28 Å². The van der Waals surface area contributed by atoms with E-state index in [1.807, 2.05) is 0 Å². The van der Waals surface area contributed by atoms with Crippen molar-refractivity contribution in [3.05, 3.63) is 64.6 Å². The largest absolute Gasteiger partial charge is 0.496 e. The Balaban J connectivity index is 2.50. The van der Waals surface area contributed by atoms with Gasteiger partial charge in [0.25, 0.3) is 10.0 Å². The number of nitrogens with zero attached hydrogens (tertiary/aromatic N) is 1. The van der Waals surface area contributed by atoms with Gasteiger partial charge in [0.1, 0.15) is 5.75 Å². The zero-order valence-electron chi connectivity index (χ0n) is 18.2. The molecule has 33 heavy (non-hydrogen) atoms. The SMILES string of the molecule is CCC(CC)(N(c1ccc(OC)c2ccccc12)S(=O)(=O)c1cc(Cl)cc(Cl)c1)P(=O)(O)O. The van der Waals surface area contributed by atoms with Crippen LogP contribution in [-0.2, 0) is 14.6 Å². The van der Waals surface area contributed by atoms with Gasteiger partial charge in [-0.25, -0.2) is 12.7 Å². The van der Waals surface area contributed by atoms with E-state index in [0.29, 0.717) is 16.5 Å². The highest BCUT2D eigenvalue weighted by Gasteiger charge is 2.54. The van der Waals surface area contributed by atoms with Crippen molar-refractivity contribution in [1.82, 2.24) is 0 Å². The molecular weight excluding hydrogens is 508 g/mol. The molecule has 0 aromatic heterocycles. The van der Waals surface area contributed by atoms with Crippen LogP contribution in [0.3, 0.4) is 0 Å². The lowest BCUT2D eigenvalue weighted by atomic mass is 10.1. The summed E-state index contributed by atoms with van der Waals surface area (Å²) in [5.74, 6) is 0.493. The molecular formula is C22H24Cl2NO6PS. The number of anilines is 1. The Morgan fingerprint density at radius 2 is 1.52 bits per heavy atom. The van der Waals surface area contributed by atoms with Crippen LogP contribution < -0.4 is 9.04 Å². The Morgan fingerprint density at radius 3 is 2.00 bits per heavy atom. The van der Waals surface area contributed by atoms with Gasteiger partial charge in [0.05, 0.1) is 17.7 Å². The number of benzene rings is 3. The van der Waals surface area contributed by atoms with Gasteiger partial charge < -0.3 is 14.5 Å². The number of ether oxygens (including phenoxy) is 1. The lowest BCUT2D eigenvalue weighted by Gasteiger charge is -2.43. The molecule has 0 saturated carbocycles. The summed E-state index contributed by atoms with van der Waals surface area (Å²) in [4.78, 5) is 20.7. The fourth-order valence-corrected chi connectivity index (χ4v) is 8.39. The second kappa shape index (κ2) is 9.45. The number of hydrogen-bond acceptors (Lipinski definition) is 4. The molecule has 7 nitrogen and oxygen atoms in total. The molecule has 3 rings (SSSR count). The molecule has 11 heteroatoms. The fourth-order valence-electron chi connectivity index (χ4n) is 4.04. The van der Waals surface area contributed by atoms with Crippen LogP contribution in [0, 0.1) is 0 Å². The molecule has 0 spiro atoms. The average Bonchev–Trinajstić information content (AvgIpc) is 2.75. The van der Waals surface area contributed by atoms with Crippen molar-refractivity contribution in [2.24, 2.45) is 0 Å². The molecule has 0 atom stereocenters. The van der Waals surface area contributed by atoms with E-state index in [-0.39, 0.29) is 33.5 Å². The van der Waals surface area contributed by atoms with E-state index < -0.39 is 22.9 Å². The number of rotatable bonds is 8. The normalized spacial score (nSPS) is 12.7. The summed E-state index contributed by atoms with van der Waals surface area (Å²) in [5.41, 5.74) is 0.106. The number of halogens is 2. The fraction of sp³-hybridized carbons (Fsp3) is 0.273. The molecule has 0 bridgehead atoms. The second-order valence-corrected chi connectivity index (χ2v) is 12.0. The number of fused-ring (bicyclic) bond motifs is 1. The number of sulfonamides is 1. The minimum Gasteiger partial charge on any atom is -0.496 e. The van der Waals surface area contributed by atoms with Gasteiger partial charge in [0, 0.05) is 20.8 Å². The van der Waals surface area contributed by atoms with Gasteiger partial charge >= 0.3 is 7.60 Å². The second-order valence-electron chi connectivity index (χ2n) is 7.44. The van der Waals surface area contributed by atoms with Crippen LogP contribution in [-0.4, -0.2) is 30.6 Å². The number of methoxy groups -OCH3 is 1. The Hall–Kier alpha value is -1.80. The summed E-state index contributed by atoms with van der Waals surface area (Å²) >= 11 is 12.2. The molecule has 0 aliphatic heterocycles. The molecule has 0 radical (unpaired) electrons. The predicted molar refractivity (Wildman–Crippen MR) is 132 cm³/mol. The molecule has 0 heterocycles. The summed E-state index contributed by atoms with van der Waals surface area (Å²) in [7, 11) is -8.07. The molecule has 3 aromatic carbocycles. The molecule has 178 valence electrons. The molecule has 3 aromatic rings. The lowest BCUT2D eigenvalue weighted by molar-refractivity contribution is 0.317. The van der Waals surface area contributed by atoms with Crippen molar-refractivity contribution in [2.75, 3.05) is 11.4 Å². The molecule has 0 amide bonds. The summed E-state index contributed by atoms with van der Waals surface area (Å²) in [6, 6.07) is 13.7. The molecule has 0 fully saturated rings. The van der Waals surface area contributed by atoms with Crippen molar-refractivity contribution in [2.45, 2.75) is 36.9 Å². The monoisotopic (exact) mass is 531 g/mol. The smallest absolute Gasteiger partial charge is 0.351 e. The standard InChI is InChI=1S/C22H24Cl2NO6PS/c1-4-22(5-2,32(26,27)28)25(33(29,30)17-13-15(23)12-16(24)14-17)20-10-11-21(31-3)19-9-7-6-8-18(19)20/h6-14H,4-5H2,1-3H3,(H2,26,27,28). The molecule has 0 aliphatic carbocycles. The van der Waals surface area contributed by atoms with Crippen molar-refractivity contribution < 1.29 is 27.5 Å². The van der Waals surface area contributed by atoms with E-state index in [4.69, 9.17) is 27.9 Å². The van der Waals surface area contributed by atoms with E-state index in [1.54, 1.807) is 44.2 Å². The highest BCUT2D eigenvalue weighted by Crippen LogP contribution is 2.59. The van der Waals surface area contributed by atoms with E-state index in [2.05, 4.69) is 0 Å². The van der Waals surface area contributed by atoms with Crippen LogP contribution in [0.25, 0.3) is 10.8 Å². The minimum atomic E-state index is -5.02. The molecule has 0 aliphatic rings. The van der Waals surface area contributed by atoms with E-state index in [0.717, 1.165) is 4.31 Å². The average molecular weight is 532 g/mol. The van der Waals surface area contributed by atoms with Crippen molar-refractivity contribution in [3.63, 3.8) is 0 Å². The van der Waals surface area contributed by atoms with Crippen LogP contribution in [0.1, 0.15) is 26.7 Å². The Kier molecular flexibility index (Phi) is 7.39. The van der Waals surface area contributed by atoms with Crippen molar-refractivity contribution in [1.29, 1.82) is 0 Å². The first kappa shape index (κ1) is 25.8. The van der Waals surface area contributed by atoms with Crippen LogP contribution in [0.15, 0.2) is 59.5 Å². The zero-order valence-corrected chi connectivity index (χ0v) is 21.4. The zero-order chi connectivity index (χ0) is 24.6. The molecule has 0 unspecified atom stereocenters. The highest BCUT2D eigenvalue weighted by molar-refractivity contribution is 7.93. The third-order valence-electron chi connectivity index (χ3n) is 5.73. The highest BCUT2D eigenvalue weighted by atomic mass is 35.5. The minimum absolute atomic E-state index is 0.0791. The van der Waals surface area contributed by atoms with Crippen molar-refractivity contribution in [3.8, 4) is 5.75 Å². The van der Waals surface area contributed by atoms with Gasteiger partial charge in [-0.2, -0.15) is 0 Å². The quantitative estimate of drug-likeness (QED) is 0.343. The van der Waals surface area contributed by atoms with Gasteiger partial charge in [-0.05, 0) is 43.2 Å². The van der Waals surface area contributed by atoms with Gasteiger partial charge in [-0.3, -0.25) is 4.57 Å². The third kappa shape index (κ3) is 4.48. The summed E-state index contributed by atoms with van der Waals surface area (Å²) in [5, 5.41) is -0.856. The maximum Gasteiger partial charge on any atom is 0.351 e. The van der Waals surface area contributed by atoms with Crippen LogP contribution in [0.4, 0.5) is 5.69 Å². The van der Waals surface area contributed by atoms with Gasteiger partial charge in [-0.15, -0.1) is 0 Å². The summed E-state index contributed by atoms with van der Waals surface area (Å²) < 4.78 is 47.3. The Morgan fingerprint density at radius 1 is 0.970 bits per heavy atom. The summed E-state index contributed by atoms with van der Waals surface area (Å²) in [6.45, 7) is 3.09. The Bertz CT molecular complexity index is 1320. The maximum atomic E-state index is 14.1. The van der Waals surface area contributed by atoms with Crippen LogP contribution in [0.5, 0.6) is 5.75 Å². The molecule has 0 saturated heterocycles. The molecule has 2 N–H and O–H groups in total.